The molecule has 0 aromatic heterocycles. The standard InChI is InChI=1S/C18H19NO5/c1-18(12-20,17(22)23)19-16(21)14-8-5-9-15(10-14)24-11-13-6-3-2-4-7-13/h2-10,20H,11-12H2,1H3,(H,19,21)(H,22,23). The third-order valence-corrected chi connectivity index (χ3v) is 3.52. The number of nitrogens with one attached hydrogen (secondary N) is 1. The van der Waals surface area contributed by atoms with Crippen LogP contribution in [0.25, 0.3) is 0 Å². The molecule has 0 bridgehead atoms. The summed E-state index contributed by atoms with van der Waals surface area (Å²) in [6.45, 7) is 0.886. The third kappa shape index (κ3) is 4.33. The van der Waals surface area contributed by atoms with E-state index in [9.17, 15) is 14.7 Å². The van der Waals surface area contributed by atoms with Crippen LogP contribution in [-0.4, -0.2) is 34.2 Å². The molecule has 0 radical (unpaired) electrons. The van der Waals surface area contributed by atoms with Gasteiger partial charge in [0.1, 0.15) is 12.4 Å². The number of carbonyl (C=O) groups is 2. The number of carboxylic acid groups (broad SMARTS) is 1. The van der Waals surface area contributed by atoms with Gasteiger partial charge in [-0.15, -0.1) is 0 Å². The molecule has 0 saturated heterocycles. The van der Waals surface area contributed by atoms with Gasteiger partial charge in [0.25, 0.3) is 5.91 Å². The Morgan fingerprint density at radius 1 is 1.12 bits per heavy atom. The molecule has 3 N–H and O–H groups in total. The highest BCUT2D eigenvalue weighted by molar-refractivity contribution is 5.98. The zero-order valence-electron chi connectivity index (χ0n) is 13.2. The van der Waals surface area contributed by atoms with Crippen LogP contribution in [0.15, 0.2) is 54.6 Å². The smallest absolute Gasteiger partial charge is 0.331 e. The van der Waals surface area contributed by atoms with Gasteiger partial charge >= 0.3 is 5.97 Å². The molecular weight excluding hydrogens is 310 g/mol. The van der Waals surface area contributed by atoms with E-state index in [0.717, 1.165) is 5.56 Å². The summed E-state index contributed by atoms with van der Waals surface area (Å²) >= 11 is 0. The number of carboxylic acids is 1. The number of carbonyl (C=O) groups excluding carboxylic acids is 1. The van der Waals surface area contributed by atoms with Crippen molar-refractivity contribution in [2.75, 3.05) is 6.61 Å². The van der Waals surface area contributed by atoms with Crippen molar-refractivity contribution in [1.29, 1.82) is 0 Å². The van der Waals surface area contributed by atoms with E-state index in [1.165, 1.54) is 13.0 Å². The Hall–Kier alpha value is -2.86. The number of aliphatic carboxylic acids is 1. The highest BCUT2D eigenvalue weighted by atomic mass is 16.5. The molecule has 1 atom stereocenters. The minimum Gasteiger partial charge on any atom is -0.489 e. The quantitative estimate of drug-likeness (QED) is 0.720. The molecule has 126 valence electrons. The van der Waals surface area contributed by atoms with Gasteiger partial charge in [0.2, 0.25) is 0 Å². The van der Waals surface area contributed by atoms with Crippen LogP contribution >= 0.6 is 0 Å². The lowest BCUT2D eigenvalue weighted by Crippen LogP contribution is -2.54. The van der Waals surface area contributed by atoms with Gasteiger partial charge in [0.15, 0.2) is 5.54 Å². The second-order valence-electron chi connectivity index (χ2n) is 5.55. The maximum Gasteiger partial charge on any atom is 0.331 e. The summed E-state index contributed by atoms with van der Waals surface area (Å²) in [6, 6.07) is 16.0. The Bertz CT molecular complexity index is 716. The molecule has 2 rings (SSSR count). The summed E-state index contributed by atoms with van der Waals surface area (Å²) in [5.41, 5.74) is -0.495. The molecule has 2 aromatic rings. The highest BCUT2D eigenvalue weighted by Gasteiger charge is 2.34. The molecule has 0 aliphatic carbocycles. The second kappa shape index (κ2) is 7.61. The van der Waals surface area contributed by atoms with Crippen LogP contribution < -0.4 is 10.1 Å². The fourth-order valence-electron chi connectivity index (χ4n) is 1.95. The van der Waals surface area contributed by atoms with Gasteiger partial charge in [-0.25, -0.2) is 4.79 Å². The normalized spacial score (nSPS) is 12.9. The first-order chi connectivity index (χ1) is 11.4. The van der Waals surface area contributed by atoms with Crippen LogP contribution in [0.1, 0.15) is 22.8 Å². The fraction of sp³-hybridized carbons (Fsp3) is 0.222. The largest absolute Gasteiger partial charge is 0.489 e. The number of aliphatic hydroxyl groups excluding tert-OH is 1. The number of amides is 1. The summed E-state index contributed by atoms with van der Waals surface area (Å²) in [5, 5.41) is 20.6. The maximum atomic E-state index is 12.2. The van der Waals surface area contributed by atoms with Crippen LogP contribution in [0.5, 0.6) is 5.75 Å². The van der Waals surface area contributed by atoms with Crippen LogP contribution in [0.3, 0.4) is 0 Å². The molecule has 0 aliphatic heterocycles. The zero-order valence-corrected chi connectivity index (χ0v) is 13.2. The molecule has 0 spiro atoms. The van der Waals surface area contributed by atoms with Gasteiger partial charge in [-0.1, -0.05) is 36.4 Å². The SMILES string of the molecule is CC(CO)(NC(=O)c1cccc(OCc2ccccc2)c1)C(=O)O. The number of hydrogen-bond acceptors (Lipinski definition) is 4. The molecule has 6 nitrogen and oxygen atoms in total. The summed E-state index contributed by atoms with van der Waals surface area (Å²) in [6.07, 6.45) is 0. The number of ether oxygens (including phenoxy) is 1. The first-order valence-electron chi connectivity index (χ1n) is 7.38. The van der Waals surface area contributed by atoms with Crippen molar-refractivity contribution in [1.82, 2.24) is 5.32 Å². The fourth-order valence-corrected chi connectivity index (χ4v) is 1.95. The average molecular weight is 329 g/mol. The lowest BCUT2D eigenvalue weighted by molar-refractivity contribution is -0.145. The van der Waals surface area contributed by atoms with Crippen molar-refractivity contribution in [2.45, 2.75) is 19.1 Å². The third-order valence-electron chi connectivity index (χ3n) is 3.52. The molecule has 0 fully saturated rings. The van der Waals surface area contributed by atoms with Crippen LogP contribution in [0.4, 0.5) is 0 Å². The monoisotopic (exact) mass is 329 g/mol. The molecule has 0 heterocycles. The molecule has 6 heteroatoms. The molecule has 1 amide bonds. The van der Waals surface area contributed by atoms with Crippen molar-refractivity contribution in [2.24, 2.45) is 0 Å². The molecule has 0 saturated carbocycles. The lowest BCUT2D eigenvalue weighted by Gasteiger charge is -2.23. The Morgan fingerprint density at radius 2 is 1.83 bits per heavy atom. The van der Waals surface area contributed by atoms with Gasteiger partial charge in [-0.2, -0.15) is 0 Å². The molecule has 1 unspecified atom stereocenters. The van der Waals surface area contributed by atoms with E-state index in [2.05, 4.69) is 5.32 Å². The second-order valence-corrected chi connectivity index (χ2v) is 5.55. The van der Waals surface area contributed by atoms with E-state index in [4.69, 9.17) is 9.84 Å². The summed E-state index contributed by atoms with van der Waals surface area (Å²) in [7, 11) is 0. The minimum absolute atomic E-state index is 0.251. The van der Waals surface area contributed by atoms with E-state index >= 15 is 0 Å². The molecule has 2 aromatic carbocycles. The van der Waals surface area contributed by atoms with E-state index < -0.39 is 24.0 Å². The topological polar surface area (TPSA) is 95.9 Å². The van der Waals surface area contributed by atoms with Gasteiger partial charge in [0.05, 0.1) is 6.61 Å². The van der Waals surface area contributed by atoms with Gasteiger partial charge < -0.3 is 20.3 Å². The maximum absolute atomic E-state index is 12.2. The van der Waals surface area contributed by atoms with E-state index in [0.29, 0.717) is 12.4 Å². The van der Waals surface area contributed by atoms with Crippen LogP contribution in [0.2, 0.25) is 0 Å². The van der Waals surface area contributed by atoms with Crippen molar-refractivity contribution in [3.63, 3.8) is 0 Å². The van der Waals surface area contributed by atoms with Crippen LogP contribution in [0, 0.1) is 0 Å². The minimum atomic E-state index is -1.74. The van der Waals surface area contributed by atoms with Gasteiger partial charge in [-0.3, -0.25) is 4.79 Å². The average Bonchev–Trinajstić information content (AvgIpc) is 2.60. The lowest BCUT2D eigenvalue weighted by atomic mass is 10.0. The Morgan fingerprint density at radius 3 is 2.46 bits per heavy atom. The van der Waals surface area contributed by atoms with E-state index in [1.807, 2.05) is 30.3 Å². The predicted molar refractivity (Wildman–Crippen MR) is 87.8 cm³/mol. The summed E-state index contributed by atoms with van der Waals surface area (Å²) in [4.78, 5) is 23.4. The van der Waals surface area contributed by atoms with E-state index in [1.54, 1.807) is 18.2 Å². The summed E-state index contributed by atoms with van der Waals surface area (Å²) < 4.78 is 5.64. The van der Waals surface area contributed by atoms with Crippen LogP contribution in [-0.2, 0) is 11.4 Å². The van der Waals surface area contributed by atoms with Crippen molar-refractivity contribution in [3.05, 3.63) is 65.7 Å². The predicted octanol–water partition coefficient (Wildman–Crippen LogP) is 1.83. The number of hydrogen-bond donors (Lipinski definition) is 3. The number of aliphatic hydroxyl groups is 1. The Kier molecular flexibility index (Phi) is 5.55. The van der Waals surface area contributed by atoms with Crippen molar-refractivity contribution < 1.29 is 24.5 Å². The number of rotatable bonds is 7. The Labute approximate surface area is 139 Å². The number of benzene rings is 2. The van der Waals surface area contributed by atoms with E-state index in [-0.39, 0.29) is 5.56 Å². The first-order valence-corrected chi connectivity index (χ1v) is 7.38. The summed E-state index contributed by atoms with van der Waals surface area (Å²) in [5.74, 6) is -1.42. The Balaban J connectivity index is 2.06. The van der Waals surface area contributed by atoms with Crippen molar-refractivity contribution >= 4 is 11.9 Å². The van der Waals surface area contributed by atoms with Gasteiger partial charge in [-0.05, 0) is 30.7 Å². The van der Waals surface area contributed by atoms with Crippen molar-refractivity contribution in [3.8, 4) is 5.75 Å². The first kappa shape index (κ1) is 17.5. The molecular formula is C18H19NO5. The molecule has 24 heavy (non-hydrogen) atoms. The molecule has 0 aliphatic rings. The van der Waals surface area contributed by atoms with Gasteiger partial charge in [0, 0.05) is 5.56 Å². The zero-order chi connectivity index (χ0) is 17.6. The highest BCUT2D eigenvalue weighted by Crippen LogP contribution is 2.16.